The average molecular weight is 222 g/mol. The lowest BCUT2D eigenvalue weighted by Crippen LogP contribution is -2.24. The number of hydrogen-bond acceptors (Lipinski definition) is 3. The van der Waals surface area contributed by atoms with E-state index in [1.165, 1.54) is 12.1 Å². The number of aliphatic hydroxyl groups excluding tert-OH is 1. The molecule has 0 spiro atoms. The zero-order chi connectivity index (χ0) is 12.0. The van der Waals surface area contributed by atoms with Gasteiger partial charge in [-0.25, -0.2) is 4.39 Å². The Balaban J connectivity index is 2.95. The van der Waals surface area contributed by atoms with Crippen LogP contribution in [0.3, 0.4) is 0 Å². The van der Waals surface area contributed by atoms with E-state index in [-0.39, 0.29) is 12.4 Å². The first-order valence-electron chi connectivity index (χ1n) is 5.24. The monoisotopic (exact) mass is 222 g/mol. The van der Waals surface area contributed by atoms with Crippen LogP contribution in [-0.4, -0.2) is 18.2 Å². The normalized spacial score (nSPS) is 9.88. The molecule has 3 nitrogen and oxygen atoms in total. The van der Waals surface area contributed by atoms with Crippen molar-refractivity contribution in [2.24, 2.45) is 0 Å². The third kappa shape index (κ3) is 2.94. The van der Waals surface area contributed by atoms with E-state index in [1.54, 1.807) is 6.07 Å². The Morgan fingerprint density at radius 2 is 2.25 bits per heavy atom. The second-order valence-electron chi connectivity index (χ2n) is 3.42. The van der Waals surface area contributed by atoms with E-state index < -0.39 is 0 Å². The van der Waals surface area contributed by atoms with E-state index in [1.807, 2.05) is 11.8 Å². The summed E-state index contributed by atoms with van der Waals surface area (Å²) < 4.78 is 13.0. The highest BCUT2D eigenvalue weighted by Gasteiger charge is 2.09. The smallest absolute Gasteiger partial charge is 0.123 e. The number of nitrogens with zero attached hydrogens (tertiary/aromatic N) is 2. The van der Waals surface area contributed by atoms with Crippen LogP contribution in [0.5, 0.6) is 0 Å². The molecule has 86 valence electrons. The zero-order valence-electron chi connectivity index (χ0n) is 9.28. The summed E-state index contributed by atoms with van der Waals surface area (Å²) in [6, 6.07) is 6.40. The number of rotatable bonds is 5. The Hall–Kier alpha value is -1.60. The first kappa shape index (κ1) is 12.5. The van der Waals surface area contributed by atoms with Gasteiger partial charge in [-0.05, 0) is 25.1 Å². The summed E-state index contributed by atoms with van der Waals surface area (Å²) in [5, 5.41) is 17.7. The summed E-state index contributed by atoms with van der Waals surface area (Å²) in [7, 11) is 0. The molecule has 0 aliphatic carbocycles. The van der Waals surface area contributed by atoms with Crippen molar-refractivity contribution < 1.29 is 9.50 Å². The fourth-order valence-corrected chi connectivity index (χ4v) is 1.62. The second kappa shape index (κ2) is 6.09. The molecule has 1 aromatic rings. The molecule has 0 aromatic heterocycles. The number of benzene rings is 1. The minimum Gasteiger partial charge on any atom is -0.392 e. The van der Waals surface area contributed by atoms with E-state index in [9.17, 15) is 4.39 Å². The lowest BCUT2D eigenvalue weighted by Gasteiger charge is -2.24. The fraction of sp³-hybridized carbons (Fsp3) is 0.417. The topological polar surface area (TPSA) is 47.3 Å². The SMILES string of the molecule is CCN(CCC#N)c1ccc(F)cc1CO. The first-order valence-corrected chi connectivity index (χ1v) is 5.24. The van der Waals surface area contributed by atoms with Crippen molar-refractivity contribution in [3.05, 3.63) is 29.6 Å². The Morgan fingerprint density at radius 3 is 2.81 bits per heavy atom. The van der Waals surface area contributed by atoms with Crippen LogP contribution in [-0.2, 0) is 6.61 Å². The van der Waals surface area contributed by atoms with Gasteiger partial charge in [0.2, 0.25) is 0 Å². The molecule has 1 N–H and O–H groups in total. The highest BCUT2D eigenvalue weighted by Crippen LogP contribution is 2.21. The van der Waals surface area contributed by atoms with Crippen LogP contribution in [0.15, 0.2) is 18.2 Å². The van der Waals surface area contributed by atoms with Crippen molar-refractivity contribution in [3.63, 3.8) is 0 Å². The van der Waals surface area contributed by atoms with Crippen molar-refractivity contribution in [2.75, 3.05) is 18.0 Å². The first-order chi connectivity index (χ1) is 7.72. The molecular formula is C12H15FN2O. The van der Waals surface area contributed by atoms with Crippen molar-refractivity contribution in [3.8, 4) is 6.07 Å². The van der Waals surface area contributed by atoms with E-state index in [4.69, 9.17) is 10.4 Å². The van der Waals surface area contributed by atoms with Gasteiger partial charge < -0.3 is 10.0 Å². The number of halogens is 1. The van der Waals surface area contributed by atoms with Crippen molar-refractivity contribution >= 4 is 5.69 Å². The largest absolute Gasteiger partial charge is 0.392 e. The standard InChI is InChI=1S/C12H15FN2O/c1-2-15(7-3-6-14)12-5-4-11(13)8-10(12)9-16/h4-5,8,16H,2-3,7,9H2,1H3. The Morgan fingerprint density at radius 1 is 1.50 bits per heavy atom. The van der Waals surface area contributed by atoms with Gasteiger partial charge in [0.15, 0.2) is 0 Å². The van der Waals surface area contributed by atoms with Gasteiger partial charge in [0, 0.05) is 24.3 Å². The number of nitriles is 1. The molecule has 0 saturated carbocycles. The number of hydrogen-bond donors (Lipinski definition) is 1. The third-order valence-corrected chi connectivity index (χ3v) is 2.43. The zero-order valence-corrected chi connectivity index (χ0v) is 9.28. The minimum absolute atomic E-state index is 0.198. The predicted octanol–water partition coefficient (Wildman–Crippen LogP) is 2.06. The maximum Gasteiger partial charge on any atom is 0.123 e. The Labute approximate surface area is 94.7 Å². The van der Waals surface area contributed by atoms with Gasteiger partial charge in [-0.1, -0.05) is 0 Å². The van der Waals surface area contributed by atoms with E-state index in [0.29, 0.717) is 18.5 Å². The van der Waals surface area contributed by atoms with Crippen LogP contribution in [0.4, 0.5) is 10.1 Å². The van der Waals surface area contributed by atoms with E-state index >= 15 is 0 Å². The molecule has 0 unspecified atom stereocenters. The lowest BCUT2D eigenvalue weighted by atomic mass is 10.1. The molecule has 4 heteroatoms. The van der Waals surface area contributed by atoms with Crippen molar-refractivity contribution in [2.45, 2.75) is 20.0 Å². The molecule has 0 saturated heterocycles. The van der Waals surface area contributed by atoms with Crippen LogP contribution >= 0.6 is 0 Å². The molecule has 1 aromatic carbocycles. The Kier molecular flexibility index (Phi) is 4.74. The molecule has 0 aliphatic rings. The summed E-state index contributed by atoms with van der Waals surface area (Å²) >= 11 is 0. The van der Waals surface area contributed by atoms with Crippen LogP contribution in [0, 0.1) is 17.1 Å². The molecule has 0 atom stereocenters. The maximum absolute atomic E-state index is 13.0. The van der Waals surface area contributed by atoms with Crippen LogP contribution in [0.25, 0.3) is 0 Å². The molecule has 1 rings (SSSR count). The Bertz CT molecular complexity index is 387. The van der Waals surface area contributed by atoms with Crippen LogP contribution < -0.4 is 4.90 Å². The molecule has 0 aliphatic heterocycles. The third-order valence-electron chi connectivity index (χ3n) is 2.43. The minimum atomic E-state index is -0.357. The van der Waals surface area contributed by atoms with Gasteiger partial charge in [-0.2, -0.15) is 5.26 Å². The molecule has 16 heavy (non-hydrogen) atoms. The summed E-state index contributed by atoms with van der Waals surface area (Å²) in [4.78, 5) is 1.95. The van der Waals surface area contributed by atoms with Gasteiger partial charge in [0.05, 0.1) is 19.1 Å². The second-order valence-corrected chi connectivity index (χ2v) is 3.42. The molecule has 0 amide bonds. The van der Waals surface area contributed by atoms with Crippen LogP contribution in [0.1, 0.15) is 18.9 Å². The predicted molar refractivity (Wildman–Crippen MR) is 60.4 cm³/mol. The summed E-state index contributed by atoms with van der Waals surface area (Å²) in [6.45, 7) is 3.07. The molecule has 0 heterocycles. The number of anilines is 1. The fourth-order valence-electron chi connectivity index (χ4n) is 1.62. The van der Waals surface area contributed by atoms with E-state index in [2.05, 4.69) is 6.07 Å². The average Bonchev–Trinajstić information content (AvgIpc) is 2.31. The van der Waals surface area contributed by atoms with Gasteiger partial charge in [-0.15, -0.1) is 0 Å². The molecule has 0 fully saturated rings. The van der Waals surface area contributed by atoms with Gasteiger partial charge in [0.1, 0.15) is 5.82 Å². The molecular weight excluding hydrogens is 207 g/mol. The summed E-state index contributed by atoms with van der Waals surface area (Å²) in [5.74, 6) is -0.357. The van der Waals surface area contributed by atoms with Crippen molar-refractivity contribution in [1.82, 2.24) is 0 Å². The molecule has 0 bridgehead atoms. The van der Waals surface area contributed by atoms with Gasteiger partial charge in [-0.3, -0.25) is 0 Å². The number of aliphatic hydroxyl groups is 1. The summed E-state index contributed by atoms with van der Waals surface area (Å²) in [6.07, 6.45) is 0.413. The highest BCUT2D eigenvalue weighted by molar-refractivity contribution is 5.53. The quantitative estimate of drug-likeness (QED) is 0.829. The van der Waals surface area contributed by atoms with E-state index in [0.717, 1.165) is 12.2 Å². The van der Waals surface area contributed by atoms with Crippen LogP contribution in [0.2, 0.25) is 0 Å². The molecule has 0 radical (unpaired) electrons. The lowest BCUT2D eigenvalue weighted by molar-refractivity contribution is 0.281. The van der Waals surface area contributed by atoms with Crippen molar-refractivity contribution in [1.29, 1.82) is 5.26 Å². The summed E-state index contributed by atoms with van der Waals surface area (Å²) in [5.41, 5.74) is 1.35. The highest BCUT2D eigenvalue weighted by atomic mass is 19.1. The van der Waals surface area contributed by atoms with Gasteiger partial charge >= 0.3 is 0 Å². The maximum atomic E-state index is 13.0. The van der Waals surface area contributed by atoms with Gasteiger partial charge in [0.25, 0.3) is 0 Å².